The second-order valence-electron chi connectivity index (χ2n) is 4.03. The molecule has 0 aliphatic heterocycles. The third kappa shape index (κ3) is 1.91. The van der Waals surface area contributed by atoms with Crippen molar-refractivity contribution < 1.29 is 14.6 Å². The molecule has 0 spiro atoms. The fourth-order valence-electron chi connectivity index (χ4n) is 1.87. The molecule has 0 bridgehead atoms. The van der Waals surface area contributed by atoms with Crippen LogP contribution in [-0.2, 0) is 0 Å². The molecule has 0 aliphatic rings. The first-order valence-corrected chi connectivity index (χ1v) is 5.56. The minimum atomic E-state index is -0.331. The molecule has 0 radical (unpaired) electrons. The van der Waals surface area contributed by atoms with E-state index in [-0.39, 0.29) is 22.4 Å². The van der Waals surface area contributed by atoms with Crippen molar-refractivity contribution in [1.29, 1.82) is 0 Å². The Balaban J connectivity index is 2.27. The summed E-state index contributed by atoms with van der Waals surface area (Å²) >= 11 is 0. The first-order chi connectivity index (χ1) is 9.15. The van der Waals surface area contributed by atoms with Crippen LogP contribution >= 0.6 is 0 Å². The summed E-state index contributed by atoms with van der Waals surface area (Å²) in [7, 11) is 0. The Hall–Kier alpha value is -2.82. The molecule has 5 nitrogen and oxygen atoms in total. The van der Waals surface area contributed by atoms with E-state index in [4.69, 9.17) is 9.52 Å². The summed E-state index contributed by atoms with van der Waals surface area (Å²) in [5, 5.41) is 18.9. The highest BCUT2D eigenvalue weighted by Gasteiger charge is 2.10. The van der Waals surface area contributed by atoms with Crippen LogP contribution in [0.1, 0.15) is 0 Å². The summed E-state index contributed by atoms with van der Waals surface area (Å²) in [6.07, 6.45) is 1.40. The van der Waals surface area contributed by atoms with Gasteiger partial charge in [0.25, 0.3) is 0 Å². The zero-order chi connectivity index (χ0) is 13.4. The number of hydrogen-bond donors (Lipinski definition) is 2. The third-order valence-electron chi connectivity index (χ3n) is 2.77. The molecule has 94 valence electrons. The molecule has 5 heteroatoms. The van der Waals surface area contributed by atoms with Crippen LogP contribution in [0.3, 0.4) is 0 Å². The molecule has 0 unspecified atom stereocenters. The highest BCUT2D eigenvalue weighted by atomic mass is 16.3. The van der Waals surface area contributed by atoms with E-state index in [9.17, 15) is 9.90 Å². The van der Waals surface area contributed by atoms with Gasteiger partial charge in [-0.3, -0.25) is 4.79 Å². The molecule has 0 saturated heterocycles. The number of nitrogens with zero attached hydrogens (tertiary/aromatic N) is 1. The topological polar surface area (TPSA) is 83.6 Å². The van der Waals surface area contributed by atoms with Gasteiger partial charge in [0, 0.05) is 23.9 Å². The number of phenolic OH excluding ortho intramolecular Hbond substituents is 1. The van der Waals surface area contributed by atoms with Crippen LogP contribution in [0.5, 0.6) is 11.6 Å². The van der Waals surface area contributed by atoms with Gasteiger partial charge in [-0.25, -0.2) is 4.98 Å². The van der Waals surface area contributed by atoms with Crippen LogP contribution in [0.2, 0.25) is 0 Å². The Kier molecular flexibility index (Phi) is 2.45. The molecular weight excluding hydrogens is 246 g/mol. The van der Waals surface area contributed by atoms with E-state index in [0.29, 0.717) is 16.9 Å². The van der Waals surface area contributed by atoms with Gasteiger partial charge < -0.3 is 14.6 Å². The van der Waals surface area contributed by atoms with E-state index in [1.54, 1.807) is 18.2 Å². The number of phenols is 1. The molecule has 2 heterocycles. The first kappa shape index (κ1) is 11.3. The fraction of sp³-hybridized carbons (Fsp3) is 0. The number of benzene rings is 1. The Bertz CT molecular complexity index is 806. The van der Waals surface area contributed by atoms with Crippen molar-refractivity contribution in [1.82, 2.24) is 4.98 Å². The summed E-state index contributed by atoms with van der Waals surface area (Å²) in [5.74, 6) is 0.113. The molecule has 2 aromatic heterocycles. The maximum Gasteiger partial charge on any atom is 0.210 e. The van der Waals surface area contributed by atoms with Gasteiger partial charge in [0.1, 0.15) is 22.5 Å². The molecule has 0 atom stereocenters. The Morgan fingerprint density at radius 2 is 1.95 bits per heavy atom. The molecule has 19 heavy (non-hydrogen) atoms. The zero-order valence-electron chi connectivity index (χ0n) is 9.70. The Morgan fingerprint density at radius 1 is 1.11 bits per heavy atom. The van der Waals surface area contributed by atoms with E-state index >= 15 is 0 Å². The van der Waals surface area contributed by atoms with Crippen LogP contribution in [-0.4, -0.2) is 15.2 Å². The van der Waals surface area contributed by atoms with Crippen molar-refractivity contribution >= 4 is 11.0 Å². The lowest BCUT2D eigenvalue weighted by Crippen LogP contribution is -2.00. The van der Waals surface area contributed by atoms with Crippen LogP contribution in [0, 0.1) is 0 Å². The summed E-state index contributed by atoms with van der Waals surface area (Å²) in [4.78, 5) is 15.7. The number of fused-ring (bicyclic) bond motifs is 1. The summed E-state index contributed by atoms with van der Waals surface area (Å²) in [6.45, 7) is 0. The fourth-order valence-corrected chi connectivity index (χ4v) is 1.87. The molecule has 0 amide bonds. The highest BCUT2D eigenvalue weighted by Crippen LogP contribution is 2.26. The van der Waals surface area contributed by atoms with E-state index in [1.807, 2.05) is 0 Å². The van der Waals surface area contributed by atoms with Gasteiger partial charge in [-0.1, -0.05) is 6.07 Å². The number of rotatable bonds is 1. The quantitative estimate of drug-likeness (QED) is 0.696. The van der Waals surface area contributed by atoms with Gasteiger partial charge in [-0.2, -0.15) is 0 Å². The van der Waals surface area contributed by atoms with Crippen LogP contribution < -0.4 is 5.43 Å². The van der Waals surface area contributed by atoms with Crippen molar-refractivity contribution in [3.63, 3.8) is 0 Å². The van der Waals surface area contributed by atoms with Crippen LogP contribution in [0.4, 0.5) is 0 Å². The molecular formula is C14H9NO4. The van der Waals surface area contributed by atoms with Crippen LogP contribution in [0.25, 0.3) is 22.3 Å². The molecule has 1 aromatic carbocycles. The summed E-state index contributed by atoms with van der Waals surface area (Å²) in [6, 6.07) is 8.92. The SMILES string of the molecule is O=c1cc(-c2ccc(O)nc2)oc2cccc(O)c12. The third-order valence-corrected chi connectivity index (χ3v) is 2.77. The largest absolute Gasteiger partial charge is 0.507 e. The van der Waals surface area contributed by atoms with E-state index in [2.05, 4.69) is 4.98 Å². The standard InChI is InChI=1S/C14H9NO4/c16-9-2-1-3-11-14(9)10(17)6-12(19-11)8-4-5-13(18)15-7-8/h1-7,16H,(H,15,18). The van der Waals surface area contributed by atoms with Gasteiger partial charge in [0.05, 0.1) is 0 Å². The highest BCUT2D eigenvalue weighted by molar-refractivity contribution is 5.84. The predicted molar refractivity (Wildman–Crippen MR) is 69.0 cm³/mol. The maximum absolute atomic E-state index is 12.0. The van der Waals surface area contributed by atoms with Crippen molar-refractivity contribution in [3.8, 4) is 23.0 Å². The monoisotopic (exact) mass is 255 g/mol. The number of pyridine rings is 1. The zero-order valence-corrected chi connectivity index (χ0v) is 9.70. The summed E-state index contributed by atoms with van der Waals surface area (Å²) < 4.78 is 5.57. The van der Waals surface area contributed by atoms with Crippen molar-refractivity contribution in [2.24, 2.45) is 0 Å². The molecule has 0 fully saturated rings. The average molecular weight is 255 g/mol. The minimum Gasteiger partial charge on any atom is -0.507 e. The first-order valence-electron chi connectivity index (χ1n) is 5.56. The molecule has 3 aromatic rings. The predicted octanol–water partition coefficient (Wildman–Crippen LogP) is 2.27. The number of aromatic nitrogens is 1. The molecule has 2 N–H and O–H groups in total. The van der Waals surface area contributed by atoms with E-state index < -0.39 is 0 Å². The van der Waals surface area contributed by atoms with Gasteiger partial charge in [0.2, 0.25) is 5.88 Å². The van der Waals surface area contributed by atoms with Gasteiger partial charge in [-0.15, -0.1) is 0 Å². The van der Waals surface area contributed by atoms with Gasteiger partial charge in [0.15, 0.2) is 5.43 Å². The maximum atomic E-state index is 12.0. The van der Waals surface area contributed by atoms with Crippen molar-refractivity contribution in [2.75, 3.05) is 0 Å². The second kappa shape index (κ2) is 4.13. The van der Waals surface area contributed by atoms with Gasteiger partial charge >= 0.3 is 0 Å². The van der Waals surface area contributed by atoms with Crippen molar-refractivity contribution in [3.05, 3.63) is 52.8 Å². The van der Waals surface area contributed by atoms with E-state index in [0.717, 1.165) is 0 Å². The molecule has 0 saturated carbocycles. The van der Waals surface area contributed by atoms with E-state index in [1.165, 1.54) is 24.4 Å². The lowest BCUT2D eigenvalue weighted by Gasteiger charge is -2.03. The second-order valence-corrected chi connectivity index (χ2v) is 4.03. The van der Waals surface area contributed by atoms with Crippen LogP contribution in [0.15, 0.2) is 51.8 Å². The normalized spacial score (nSPS) is 10.7. The number of aromatic hydroxyl groups is 2. The Morgan fingerprint density at radius 3 is 2.68 bits per heavy atom. The molecule has 0 aliphatic carbocycles. The summed E-state index contributed by atoms with van der Waals surface area (Å²) in [5.41, 5.74) is 0.540. The lowest BCUT2D eigenvalue weighted by molar-refractivity contribution is 0.453. The minimum absolute atomic E-state index is 0.107. The number of hydrogen-bond acceptors (Lipinski definition) is 5. The lowest BCUT2D eigenvalue weighted by atomic mass is 10.1. The van der Waals surface area contributed by atoms with Gasteiger partial charge in [-0.05, 0) is 18.2 Å². The smallest absolute Gasteiger partial charge is 0.210 e. The molecule has 3 rings (SSSR count). The average Bonchev–Trinajstić information content (AvgIpc) is 2.39. The van der Waals surface area contributed by atoms with Crippen molar-refractivity contribution in [2.45, 2.75) is 0 Å². The Labute approximate surface area is 107 Å².